The molecule has 15 heavy (non-hydrogen) atoms. The van der Waals surface area contributed by atoms with Gasteiger partial charge >= 0.3 is 5.97 Å². The molecule has 0 unspecified atom stereocenters. The van der Waals surface area contributed by atoms with Crippen LogP contribution in [0.4, 0.5) is 0 Å². The van der Waals surface area contributed by atoms with E-state index in [1.54, 1.807) is 0 Å². The molecule has 0 N–H and O–H groups in total. The van der Waals surface area contributed by atoms with Crippen molar-refractivity contribution < 1.29 is 14.3 Å². The normalized spacial score (nSPS) is 11.2. The van der Waals surface area contributed by atoms with Gasteiger partial charge in [-0.3, -0.25) is 9.59 Å². The van der Waals surface area contributed by atoms with Gasteiger partial charge in [0.1, 0.15) is 11.4 Å². The number of carbonyl (C=O) groups is 2. The Hall–Kier alpha value is -0.860. The predicted octanol–water partition coefficient (Wildman–Crippen LogP) is 2.87. The summed E-state index contributed by atoms with van der Waals surface area (Å²) in [6.07, 6.45) is 3.03. The van der Waals surface area contributed by atoms with Gasteiger partial charge in [-0.25, -0.2) is 0 Å². The SMILES string of the molecule is CCCCC(=O)CCC(=O)OC(C)(C)C. The van der Waals surface area contributed by atoms with Gasteiger partial charge in [0.25, 0.3) is 0 Å². The molecule has 0 rings (SSSR count). The van der Waals surface area contributed by atoms with Gasteiger partial charge in [0.05, 0.1) is 6.42 Å². The smallest absolute Gasteiger partial charge is 0.306 e. The zero-order chi connectivity index (χ0) is 11.9. The van der Waals surface area contributed by atoms with Crippen LogP contribution in [-0.4, -0.2) is 17.4 Å². The average molecular weight is 214 g/mol. The van der Waals surface area contributed by atoms with E-state index in [1.807, 2.05) is 27.7 Å². The molecule has 0 aromatic heterocycles. The minimum Gasteiger partial charge on any atom is -0.460 e. The highest BCUT2D eigenvalue weighted by Gasteiger charge is 2.16. The Morgan fingerprint density at radius 2 is 1.67 bits per heavy atom. The molecule has 0 bridgehead atoms. The third kappa shape index (κ3) is 9.44. The Kier molecular flexibility index (Phi) is 6.21. The van der Waals surface area contributed by atoms with Crippen LogP contribution in [0, 0.1) is 0 Å². The molecule has 0 aliphatic rings. The summed E-state index contributed by atoms with van der Waals surface area (Å²) in [5.74, 6) is -0.130. The molecule has 88 valence electrons. The van der Waals surface area contributed by atoms with Crippen LogP contribution in [0.15, 0.2) is 0 Å². The third-order valence-corrected chi connectivity index (χ3v) is 1.84. The molecule has 3 nitrogen and oxygen atoms in total. The molecule has 0 amide bonds. The summed E-state index contributed by atoms with van der Waals surface area (Å²) in [6.45, 7) is 7.51. The summed E-state index contributed by atoms with van der Waals surface area (Å²) < 4.78 is 5.10. The molecule has 3 heteroatoms. The number of carbonyl (C=O) groups excluding carboxylic acids is 2. The van der Waals surface area contributed by atoms with Crippen molar-refractivity contribution in [3.05, 3.63) is 0 Å². The number of esters is 1. The summed E-state index contributed by atoms with van der Waals surface area (Å²) in [7, 11) is 0. The predicted molar refractivity (Wildman–Crippen MR) is 59.6 cm³/mol. The summed E-state index contributed by atoms with van der Waals surface area (Å²) in [5, 5.41) is 0. The van der Waals surface area contributed by atoms with Crippen LogP contribution in [0.3, 0.4) is 0 Å². The number of hydrogen-bond acceptors (Lipinski definition) is 3. The molecule has 0 aromatic rings. The van der Waals surface area contributed by atoms with Gasteiger partial charge < -0.3 is 4.74 Å². The first-order chi connectivity index (χ1) is 6.85. The molecule has 0 atom stereocenters. The van der Waals surface area contributed by atoms with Crippen LogP contribution in [0.5, 0.6) is 0 Å². The molecule has 0 fully saturated rings. The average Bonchev–Trinajstić information content (AvgIpc) is 2.08. The van der Waals surface area contributed by atoms with Crippen LogP contribution in [0.2, 0.25) is 0 Å². The number of hydrogen-bond donors (Lipinski definition) is 0. The zero-order valence-corrected chi connectivity index (χ0v) is 10.3. The van der Waals surface area contributed by atoms with Gasteiger partial charge in [0, 0.05) is 12.8 Å². The molecule has 0 aliphatic heterocycles. The van der Waals surface area contributed by atoms with E-state index in [1.165, 1.54) is 0 Å². The Morgan fingerprint density at radius 1 is 1.07 bits per heavy atom. The van der Waals surface area contributed by atoms with E-state index < -0.39 is 5.60 Å². The van der Waals surface area contributed by atoms with Crippen molar-refractivity contribution >= 4 is 11.8 Å². The van der Waals surface area contributed by atoms with Crippen molar-refractivity contribution in [1.82, 2.24) is 0 Å². The Bertz CT molecular complexity index is 213. The van der Waals surface area contributed by atoms with Crippen molar-refractivity contribution in [1.29, 1.82) is 0 Å². The van der Waals surface area contributed by atoms with Crippen molar-refractivity contribution in [2.45, 2.75) is 65.4 Å². The second-order valence-corrected chi connectivity index (χ2v) is 4.73. The maximum absolute atomic E-state index is 11.3. The van der Waals surface area contributed by atoms with E-state index in [0.717, 1.165) is 12.8 Å². The topological polar surface area (TPSA) is 43.4 Å². The quantitative estimate of drug-likeness (QED) is 0.638. The standard InChI is InChI=1S/C12H22O3/c1-5-6-7-10(13)8-9-11(14)15-12(2,3)4/h5-9H2,1-4H3. The molecule has 0 heterocycles. The Labute approximate surface area is 92.2 Å². The molecular weight excluding hydrogens is 192 g/mol. The number of Topliss-reactive ketones (excluding diaryl/α,β-unsaturated/α-hetero) is 1. The lowest BCUT2D eigenvalue weighted by Crippen LogP contribution is -2.24. The van der Waals surface area contributed by atoms with E-state index in [2.05, 4.69) is 0 Å². The van der Waals surface area contributed by atoms with E-state index in [0.29, 0.717) is 12.8 Å². The van der Waals surface area contributed by atoms with E-state index in [9.17, 15) is 9.59 Å². The fourth-order valence-corrected chi connectivity index (χ4v) is 1.13. The van der Waals surface area contributed by atoms with Gasteiger partial charge in [0.15, 0.2) is 0 Å². The number of ketones is 1. The lowest BCUT2D eigenvalue weighted by molar-refractivity contribution is -0.155. The van der Waals surface area contributed by atoms with Crippen LogP contribution in [-0.2, 0) is 14.3 Å². The lowest BCUT2D eigenvalue weighted by atomic mass is 10.1. The van der Waals surface area contributed by atoms with Gasteiger partial charge in [-0.2, -0.15) is 0 Å². The molecule has 0 saturated carbocycles. The Morgan fingerprint density at radius 3 is 2.13 bits per heavy atom. The minimum atomic E-state index is -0.455. The van der Waals surface area contributed by atoms with Crippen molar-refractivity contribution in [3.8, 4) is 0 Å². The third-order valence-electron chi connectivity index (χ3n) is 1.84. The van der Waals surface area contributed by atoms with Gasteiger partial charge in [0.2, 0.25) is 0 Å². The maximum Gasteiger partial charge on any atom is 0.306 e. The summed E-state index contributed by atoms with van der Waals surface area (Å²) >= 11 is 0. The maximum atomic E-state index is 11.3. The summed E-state index contributed by atoms with van der Waals surface area (Å²) in [5.41, 5.74) is -0.455. The largest absolute Gasteiger partial charge is 0.460 e. The first-order valence-corrected chi connectivity index (χ1v) is 5.58. The van der Waals surface area contributed by atoms with Gasteiger partial charge in [-0.05, 0) is 27.2 Å². The number of ether oxygens (including phenoxy) is 1. The highest BCUT2D eigenvalue weighted by atomic mass is 16.6. The van der Waals surface area contributed by atoms with Gasteiger partial charge in [-0.15, -0.1) is 0 Å². The lowest BCUT2D eigenvalue weighted by Gasteiger charge is -2.19. The van der Waals surface area contributed by atoms with Crippen LogP contribution in [0.25, 0.3) is 0 Å². The second kappa shape index (κ2) is 6.59. The van der Waals surface area contributed by atoms with E-state index in [-0.39, 0.29) is 18.2 Å². The van der Waals surface area contributed by atoms with Crippen LogP contribution in [0.1, 0.15) is 59.8 Å². The zero-order valence-electron chi connectivity index (χ0n) is 10.3. The highest BCUT2D eigenvalue weighted by molar-refractivity contribution is 5.82. The Balaban J connectivity index is 3.67. The van der Waals surface area contributed by atoms with Crippen LogP contribution < -0.4 is 0 Å². The van der Waals surface area contributed by atoms with Crippen molar-refractivity contribution in [3.63, 3.8) is 0 Å². The molecule has 0 spiro atoms. The molecule has 0 aromatic carbocycles. The number of unbranched alkanes of at least 4 members (excludes halogenated alkanes) is 1. The van der Waals surface area contributed by atoms with E-state index >= 15 is 0 Å². The first kappa shape index (κ1) is 14.1. The summed E-state index contributed by atoms with van der Waals surface area (Å²) in [6, 6.07) is 0. The van der Waals surface area contributed by atoms with Crippen molar-refractivity contribution in [2.24, 2.45) is 0 Å². The summed E-state index contributed by atoms with van der Waals surface area (Å²) in [4.78, 5) is 22.5. The highest BCUT2D eigenvalue weighted by Crippen LogP contribution is 2.10. The molecule has 0 radical (unpaired) electrons. The molecular formula is C12H22O3. The van der Waals surface area contributed by atoms with Crippen molar-refractivity contribution in [2.75, 3.05) is 0 Å². The van der Waals surface area contributed by atoms with Gasteiger partial charge in [-0.1, -0.05) is 13.3 Å². The molecule has 0 aliphatic carbocycles. The fourth-order valence-electron chi connectivity index (χ4n) is 1.13. The van der Waals surface area contributed by atoms with E-state index in [4.69, 9.17) is 4.74 Å². The second-order valence-electron chi connectivity index (χ2n) is 4.73. The number of rotatable bonds is 6. The first-order valence-electron chi connectivity index (χ1n) is 5.58. The van der Waals surface area contributed by atoms with Crippen LogP contribution >= 0.6 is 0 Å². The minimum absolute atomic E-state index is 0.155. The monoisotopic (exact) mass is 214 g/mol. The molecule has 0 saturated heterocycles. The fraction of sp³-hybridized carbons (Fsp3) is 0.833.